The van der Waals surface area contributed by atoms with Gasteiger partial charge < -0.3 is 4.74 Å². The second-order valence-electron chi connectivity index (χ2n) is 4.73. The van der Waals surface area contributed by atoms with Crippen LogP contribution in [-0.2, 0) is 9.53 Å². The van der Waals surface area contributed by atoms with Crippen LogP contribution in [0.1, 0.15) is 47.0 Å². The van der Waals surface area contributed by atoms with Crippen molar-refractivity contribution >= 4 is 5.78 Å². The Morgan fingerprint density at radius 3 is 2.29 bits per heavy atom. The van der Waals surface area contributed by atoms with Crippen molar-refractivity contribution in [3.05, 3.63) is 0 Å². The molecule has 0 aliphatic rings. The van der Waals surface area contributed by atoms with Gasteiger partial charge in [0.15, 0.2) is 5.78 Å². The van der Waals surface area contributed by atoms with E-state index in [9.17, 15) is 4.79 Å². The van der Waals surface area contributed by atoms with E-state index in [1.54, 1.807) is 0 Å². The van der Waals surface area contributed by atoms with Crippen LogP contribution in [-0.4, -0.2) is 19.0 Å². The molecule has 0 N–H and O–H groups in total. The molecule has 0 atom stereocenters. The Morgan fingerprint density at radius 1 is 1.14 bits per heavy atom. The molecule has 0 saturated heterocycles. The molecule has 0 aromatic heterocycles. The lowest BCUT2D eigenvalue weighted by Gasteiger charge is -2.06. The van der Waals surface area contributed by atoms with Gasteiger partial charge in [-0.1, -0.05) is 34.1 Å². The van der Waals surface area contributed by atoms with Crippen molar-refractivity contribution in [3.8, 4) is 0 Å². The first-order chi connectivity index (χ1) is 6.52. The second-order valence-corrected chi connectivity index (χ2v) is 4.73. The molecule has 0 aromatic rings. The largest absolute Gasteiger partial charge is 0.373 e. The summed E-state index contributed by atoms with van der Waals surface area (Å²) in [6.07, 6.45) is 2.81. The van der Waals surface area contributed by atoms with Crippen molar-refractivity contribution in [2.75, 3.05) is 13.2 Å². The van der Waals surface area contributed by atoms with Crippen molar-refractivity contribution in [1.29, 1.82) is 0 Å². The summed E-state index contributed by atoms with van der Waals surface area (Å²) in [5.74, 6) is 1.45. The number of ketones is 1. The van der Waals surface area contributed by atoms with Crippen molar-refractivity contribution in [2.24, 2.45) is 11.8 Å². The molecule has 2 nitrogen and oxygen atoms in total. The number of ether oxygens (including phenoxy) is 1. The fraction of sp³-hybridized carbons (Fsp3) is 0.917. The number of rotatable bonds is 8. The van der Waals surface area contributed by atoms with Gasteiger partial charge in [-0.2, -0.15) is 0 Å². The van der Waals surface area contributed by atoms with Gasteiger partial charge in [-0.3, -0.25) is 4.79 Å². The maximum atomic E-state index is 11.3. The lowest BCUT2D eigenvalue weighted by Crippen LogP contribution is -2.11. The van der Waals surface area contributed by atoms with Gasteiger partial charge >= 0.3 is 0 Å². The summed E-state index contributed by atoms with van der Waals surface area (Å²) in [6, 6.07) is 0. The van der Waals surface area contributed by atoms with E-state index < -0.39 is 0 Å². The van der Waals surface area contributed by atoms with Crippen LogP contribution in [0.2, 0.25) is 0 Å². The van der Waals surface area contributed by atoms with Crippen molar-refractivity contribution in [1.82, 2.24) is 0 Å². The van der Waals surface area contributed by atoms with E-state index in [-0.39, 0.29) is 5.78 Å². The van der Waals surface area contributed by atoms with Gasteiger partial charge in [-0.25, -0.2) is 0 Å². The van der Waals surface area contributed by atoms with Gasteiger partial charge in [0.2, 0.25) is 0 Å². The van der Waals surface area contributed by atoms with E-state index in [1.807, 2.05) is 0 Å². The molecular formula is C12H24O2. The third-order valence-corrected chi connectivity index (χ3v) is 1.95. The summed E-state index contributed by atoms with van der Waals surface area (Å²) >= 11 is 0. The molecule has 0 radical (unpaired) electrons. The molecule has 0 spiro atoms. The normalized spacial score (nSPS) is 11.3. The molecule has 0 aliphatic heterocycles. The fourth-order valence-corrected chi connectivity index (χ4v) is 1.19. The summed E-state index contributed by atoms with van der Waals surface area (Å²) in [5.41, 5.74) is 0. The first kappa shape index (κ1) is 13.6. The Hall–Kier alpha value is -0.370. The zero-order valence-corrected chi connectivity index (χ0v) is 10.0. The zero-order chi connectivity index (χ0) is 11.0. The number of carbonyl (C=O) groups excluding carboxylic acids is 1. The average molecular weight is 200 g/mol. The van der Waals surface area contributed by atoms with Crippen LogP contribution in [0.5, 0.6) is 0 Å². The first-order valence-corrected chi connectivity index (χ1v) is 5.61. The molecule has 0 bridgehead atoms. The minimum absolute atomic E-state index is 0.242. The average Bonchev–Trinajstić information content (AvgIpc) is 2.02. The zero-order valence-electron chi connectivity index (χ0n) is 10.0. The molecule has 0 amide bonds. The molecule has 0 rings (SSSR count). The summed E-state index contributed by atoms with van der Waals surface area (Å²) in [6.45, 7) is 9.53. The highest BCUT2D eigenvalue weighted by atomic mass is 16.5. The van der Waals surface area contributed by atoms with Gasteiger partial charge in [0.05, 0.1) is 0 Å². The minimum Gasteiger partial charge on any atom is -0.373 e. The third kappa shape index (κ3) is 9.72. The van der Waals surface area contributed by atoms with Crippen LogP contribution in [0.3, 0.4) is 0 Å². The van der Waals surface area contributed by atoms with Gasteiger partial charge in [-0.05, 0) is 18.3 Å². The highest BCUT2D eigenvalue weighted by molar-refractivity contribution is 5.79. The lowest BCUT2D eigenvalue weighted by molar-refractivity contribution is -0.124. The highest BCUT2D eigenvalue weighted by Crippen LogP contribution is 2.06. The lowest BCUT2D eigenvalue weighted by atomic mass is 10.1. The minimum atomic E-state index is 0.242. The Bertz CT molecular complexity index is 134. The van der Waals surface area contributed by atoms with Crippen LogP contribution in [0, 0.1) is 11.8 Å². The maximum absolute atomic E-state index is 11.3. The van der Waals surface area contributed by atoms with E-state index in [0.717, 1.165) is 12.8 Å². The molecule has 0 saturated carbocycles. The number of hydrogen-bond donors (Lipinski definition) is 0. The van der Waals surface area contributed by atoms with E-state index in [0.29, 0.717) is 31.5 Å². The molecule has 0 heterocycles. The quantitative estimate of drug-likeness (QED) is 0.602. The van der Waals surface area contributed by atoms with Crippen molar-refractivity contribution in [3.63, 3.8) is 0 Å². The van der Waals surface area contributed by atoms with Crippen LogP contribution >= 0.6 is 0 Å². The molecule has 0 aromatic carbocycles. The molecule has 0 unspecified atom stereocenters. The molecule has 0 fully saturated rings. The topological polar surface area (TPSA) is 26.3 Å². The predicted molar refractivity (Wildman–Crippen MR) is 59.4 cm³/mol. The highest BCUT2D eigenvalue weighted by Gasteiger charge is 2.03. The Balaban J connectivity index is 3.28. The van der Waals surface area contributed by atoms with Crippen molar-refractivity contribution in [2.45, 2.75) is 47.0 Å². The smallest absolute Gasteiger partial charge is 0.158 e. The summed E-state index contributed by atoms with van der Waals surface area (Å²) in [4.78, 5) is 11.3. The van der Waals surface area contributed by atoms with Gasteiger partial charge in [-0.15, -0.1) is 0 Å². The maximum Gasteiger partial charge on any atom is 0.158 e. The van der Waals surface area contributed by atoms with E-state index >= 15 is 0 Å². The van der Waals surface area contributed by atoms with Crippen LogP contribution in [0.4, 0.5) is 0 Å². The van der Waals surface area contributed by atoms with Gasteiger partial charge in [0.1, 0.15) is 6.61 Å². The molecule has 0 aliphatic carbocycles. The monoisotopic (exact) mass is 200 g/mol. The molecular weight excluding hydrogens is 176 g/mol. The summed E-state index contributed by atoms with van der Waals surface area (Å²) in [7, 11) is 0. The summed E-state index contributed by atoms with van der Waals surface area (Å²) < 4.78 is 5.26. The van der Waals surface area contributed by atoms with E-state index in [4.69, 9.17) is 4.74 Å². The fourth-order valence-electron chi connectivity index (χ4n) is 1.19. The molecule has 2 heteroatoms. The first-order valence-electron chi connectivity index (χ1n) is 5.61. The van der Waals surface area contributed by atoms with Crippen molar-refractivity contribution < 1.29 is 9.53 Å². The second kappa shape index (κ2) is 7.98. The summed E-state index contributed by atoms with van der Waals surface area (Å²) in [5, 5.41) is 0. The van der Waals surface area contributed by atoms with Crippen LogP contribution < -0.4 is 0 Å². The van der Waals surface area contributed by atoms with E-state index in [1.165, 1.54) is 0 Å². The van der Waals surface area contributed by atoms with E-state index in [2.05, 4.69) is 27.7 Å². The Kier molecular flexibility index (Phi) is 7.77. The molecule has 84 valence electrons. The SMILES string of the molecule is CC(C)CCCC(=O)COCC(C)C. The number of Topliss-reactive ketones (excluding diaryl/α,β-unsaturated/α-hetero) is 1. The van der Waals surface area contributed by atoms with Gasteiger partial charge in [0, 0.05) is 13.0 Å². The Labute approximate surface area is 88.0 Å². The third-order valence-electron chi connectivity index (χ3n) is 1.95. The number of hydrogen-bond acceptors (Lipinski definition) is 2. The van der Waals surface area contributed by atoms with Crippen LogP contribution in [0.25, 0.3) is 0 Å². The van der Waals surface area contributed by atoms with Crippen LogP contribution in [0.15, 0.2) is 0 Å². The standard InChI is InChI=1S/C12H24O2/c1-10(2)6-5-7-12(13)9-14-8-11(3)4/h10-11H,5-9H2,1-4H3. The molecule has 14 heavy (non-hydrogen) atoms. The Morgan fingerprint density at radius 2 is 1.79 bits per heavy atom. The van der Waals surface area contributed by atoms with Gasteiger partial charge in [0.25, 0.3) is 0 Å². The predicted octanol–water partition coefficient (Wildman–Crippen LogP) is 3.05. The number of carbonyl (C=O) groups is 1.